The molecule has 88 valence electrons. The number of nitrogens with one attached hydrogen (secondary N) is 1. The van der Waals surface area contributed by atoms with Crippen molar-refractivity contribution in [1.29, 1.82) is 0 Å². The largest absolute Gasteiger partial charge is 0.312 e. The molecule has 0 saturated carbocycles. The molecule has 1 N–H and O–H groups in total. The SMILES string of the molecule is CCC1CNCc2cc(C(C)(C)C)ccc21. The van der Waals surface area contributed by atoms with Crippen LogP contribution in [-0.2, 0) is 12.0 Å². The van der Waals surface area contributed by atoms with Gasteiger partial charge in [-0.1, -0.05) is 45.9 Å². The normalized spacial score (nSPS) is 20.6. The van der Waals surface area contributed by atoms with Crippen LogP contribution < -0.4 is 5.32 Å². The first kappa shape index (κ1) is 11.7. The summed E-state index contributed by atoms with van der Waals surface area (Å²) in [7, 11) is 0. The zero-order chi connectivity index (χ0) is 11.8. The number of benzene rings is 1. The first-order valence-electron chi connectivity index (χ1n) is 6.36. The van der Waals surface area contributed by atoms with E-state index in [1.165, 1.54) is 17.5 Å². The Morgan fingerprint density at radius 2 is 2.06 bits per heavy atom. The van der Waals surface area contributed by atoms with Gasteiger partial charge in [0, 0.05) is 13.1 Å². The molecule has 1 atom stereocenters. The Morgan fingerprint density at radius 3 is 2.69 bits per heavy atom. The molecule has 0 radical (unpaired) electrons. The van der Waals surface area contributed by atoms with E-state index in [2.05, 4.69) is 51.2 Å². The molecule has 0 aromatic heterocycles. The van der Waals surface area contributed by atoms with Crippen molar-refractivity contribution in [3.63, 3.8) is 0 Å². The van der Waals surface area contributed by atoms with E-state index < -0.39 is 0 Å². The second-order valence-corrected chi connectivity index (χ2v) is 5.90. The molecule has 0 aliphatic carbocycles. The van der Waals surface area contributed by atoms with Crippen LogP contribution in [0.2, 0.25) is 0 Å². The van der Waals surface area contributed by atoms with E-state index in [0.717, 1.165) is 13.1 Å². The number of fused-ring (bicyclic) bond motifs is 1. The number of rotatable bonds is 1. The zero-order valence-electron chi connectivity index (χ0n) is 10.9. The van der Waals surface area contributed by atoms with Crippen LogP contribution in [-0.4, -0.2) is 6.54 Å². The molecule has 0 bridgehead atoms. The third kappa shape index (κ3) is 2.15. The summed E-state index contributed by atoms with van der Waals surface area (Å²) in [5.74, 6) is 0.706. The molecule has 1 nitrogen and oxygen atoms in total. The van der Waals surface area contributed by atoms with Crippen molar-refractivity contribution in [2.45, 2.75) is 52.0 Å². The third-order valence-corrected chi connectivity index (χ3v) is 3.65. The first-order valence-corrected chi connectivity index (χ1v) is 6.36. The molecule has 1 heterocycles. The van der Waals surface area contributed by atoms with Gasteiger partial charge >= 0.3 is 0 Å². The second-order valence-electron chi connectivity index (χ2n) is 5.90. The van der Waals surface area contributed by atoms with E-state index in [4.69, 9.17) is 0 Å². The van der Waals surface area contributed by atoms with Gasteiger partial charge in [0.05, 0.1) is 0 Å². The van der Waals surface area contributed by atoms with Crippen molar-refractivity contribution in [3.05, 3.63) is 34.9 Å². The Morgan fingerprint density at radius 1 is 1.31 bits per heavy atom. The molecule has 0 spiro atoms. The maximum Gasteiger partial charge on any atom is 0.0208 e. The highest BCUT2D eigenvalue weighted by Crippen LogP contribution is 2.31. The molecule has 1 aromatic carbocycles. The monoisotopic (exact) mass is 217 g/mol. The fourth-order valence-corrected chi connectivity index (χ4v) is 2.48. The summed E-state index contributed by atoms with van der Waals surface area (Å²) < 4.78 is 0. The van der Waals surface area contributed by atoms with Crippen LogP contribution in [0.25, 0.3) is 0 Å². The molecular weight excluding hydrogens is 194 g/mol. The van der Waals surface area contributed by atoms with Gasteiger partial charge in [-0.2, -0.15) is 0 Å². The minimum atomic E-state index is 0.258. The Balaban J connectivity index is 2.39. The van der Waals surface area contributed by atoms with Gasteiger partial charge in [-0.15, -0.1) is 0 Å². The second kappa shape index (κ2) is 4.21. The van der Waals surface area contributed by atoms with Gasteiger partial charge in [0.2, 0.25) is 0 Å². The molecule has 2 rings (SSSR count). The van der Waals surface area contributed by atoms with Crippen LogP contribution in [0.4, 0.5) is 0 Å². The molecule has 0 saturated heterocycles. The maximum absolute atomic E-state index is 3.52. The fraction of sp³-hybridized carbons (Fsp3) is 0.600. The van der Waals surface area contributed by atoms with Gasteiger partial charge in [-0.25, -0.2) is 0 Å². The van der Waals surface area contributed by atoms with Gasteiger partial charge in [0.25, 0.3) is 0 Å². The van der Waals surface area contributed by atoms with Crippen LogP contribution in [0.15, 0.2) is 18.2 Å². The van der Waals surface area contributed by atoms with Crippen molar-refractivity contribution in [2.75, 3.05) is 6.54 Å². The topological polar surface area (TPSA) is 12.0 Å². The molecule has 0 amide bonds. The van der Waals surface area contributed by atoms with Crippen LogP contribution in [0.3, 0.4) is 0 Å². The van der Waals surface area contributed by atoms with Crippen molar-refractivity contribution in [1.82, 2.24) is 5.32 Å². The zero-order valence-corrected chi connectivity index (χ0v) is 10.9. The molecular formula is C15H23N. The van der Waals surface area contributed by atoms with E-state index in [0.29, 0.717) is 5.92 Å². The third-order valence-electron chi connectivity index (χ3n) is 3.65. The van der Waals surface area contributed by atoms with Crippen molar-refractivity contribution in [3.8, 4) is 0 Å². The Kier molecular flexibility index (Phi) is 3.07. The predicted octanol–water partition coefficient (Wildman–Crippen LogP) is 3.58. The molecule has 1 aliphatic heterocycles. The summed E-state index contributed by atoms with van der Waals surface area (Å²) >= 11 is 0. The first-order chi connectivity index (χ1) is 7.52. The van der Waals surface area contributed by atoms with E-state index in [9.17, 15) is 0 Å². The molecule has 0 fully saturated rings. The highest BCUT2D eigenvalue weighted by atomic mass is 14.9. The van der Waals surface area contributed by atoms with Crippen LogP contribution in [0, 0.1) is 0 Å². The lowest BCUT2D eigenvalue weighted by atomic mass is 9.82. The lowest BCUT2D eigenvalue weighted by molar-refractivity contribution is 0.525. The van der Waals surface area contributed by atoms with Gasteiger partial charge < -0.3 is 5.32 Å². The van der Waals surface area contributed by atoms with E-state index in [-0.39, 0.29) is 5.41 Å². The molecule has 1 unspecified atom stereocenters. The lowest BCUT2D eigenvalue weighted by Crippen LogP contribution is -2.28. The summed E-state index contributed by atoms with van der Waals surface area (Å²) in [5.41, 5.74) is 4.78. The van der Waals surface area contributed by atoms with E-state index >= 15 is 0 Å². The van der Waals surface area contributed by atoms with Gasteiger partial charge in [-0.3, -0.25) is 0 Å². The van der Waals surface area contributed by atoms with Crippen molar-refractivity contribution < 1.29 is 0 Å². The smallest absolute Gasteiger partial charge is 0.0208 e. The van der Waals surface area contributed by atoms with Crippen LogP contribution in [0.5, 0.6) is 0 Å². The standard InChI is InChI=1S/C15H23N/c1-5-11-9-16-10-12-8-13(15(2,3)4)6-7-14(11)12/h6-8,11,16H,5,9-10H2,1-4H3. The molecule has 16 heavy (non-hydrogen) atoms. The molecule has 1 aliphatic rings. The van der Waals surface area contributed by atoms with Gasteiger partial charge in [-0.05, 0) is 34.4 Å². The average Bonchev–Trinajstić information content (AvgIpc) is 2.26. The van der Waals surface area contributed by atoms with Crippen LogP contribution in [0.1, 0.15) is 56.7 Å². The fourth-order valence-electron chi connectivity index (χ4n) is 2.48. The summed E-state index contributed by atoms with van der Waals surface area (Å²) in [6, 6.07) is 7.06. The average molecular weight is 217 g/mol. The van der Waals surface area contributed by atoms with E-state index in [1.807, 2.05) is 0 Å². The minimum Gasteiger partial charge on any atom is -0.312 e. The maximum atomic E-state index is 3.52. The number of hydrogen-bond donors (Lipinski definition) is 1. The Labute approximate surface area is 99.3 Å². The lowest BCUT2D eigenvalue weighted by Gasteiger charge is -2.28. The minimum absolute atomic E-state index is 0.258. The van der Waals surface area contributed by atoms with Crippen molar-refractivity contribution in [2.24, 2.45) is 0 Å². The van der Waals surface area contributed by atoms with E-state index in [1.54, 1.807) is 5.56 Å². The Hall–Kier alpha value is -0.820. The van der Waals surface area contributed by atoms with Gasteiger partial charge in [0.15, 0.2) is 0 Å². The summed E-state index contributed by atoms with van der Waals surface area (Å²) in [6.07, 6.45) is 1.23. The summed E-state index contributed by atoms with van der Waals surface area (Å²) in [4.78, 5) is 0. The highest BCUT2D eigenvalue weighted by Gasteiger charge is 2.21. The quantitative estimate of drug-likeness (QED) is 0.758. The Bertz CT molecular complexity index is 374. The molecule has 1 heteroatoms. The predicted molar refractivity (Wildman–Crippen MR) is 69.9 cm³/mol. The van der Waals surface area contributed by atoms with Gasteiger partial charge in [0.1, 0.15) is 0 Å². The van der Waals surface area contributed by atoms with Crippen LogP contribution >= 0.6 is 0 Å². The highest BCUT2D eigenvalue weighted by molar-refractivity contribution is 5.38. The van der Waals surface area contributed by atoms with Crippen molar-refractivity contribution >= 4 is 0 Å². The number of hydrogen-bond acceptors (Lipinski definition) is 1. The summed E-state index contributed by atoms with van der Waals surface area (Å²) in [6.45, 7) is 11.3. The molecule has 1 aromatic rings. The summed E-state index contributed by atoms with van der Waals surface area (Å²) in [5, 5.41) is 3.52.